The monoisotopic (exact) mass is 156 g/mol. The van der Waals surface area contributed by atoms with E-state index < -0.39 is 0 Å². The van der Waals surface area contributed by atoms with Crippen LogP contribution in [0.25, 0.3) is 0 Å². The topological polar surface area (TPSA) is 46.3 Å². The highest BCUT2D eigenvalue weighted by Gasteiger charge is 2.22. The Morgan fingerprint density at radius 2 is 2.09 bits per heavy atom. The van der Waals surface area contributed by atoms with Crippen LogP contribution >= 0.6 is 0 Å². The predicted molar refractivity (Wildman–Crippen MR) is 46.0 cm³/mol. The van der Waals surface area contributed by atoms with Gasteiger partial charge in [0.2, 0.25) is 5.91 Å². The molecule has 0 heterocycles. The molecule has 1 amide bonds. The zero-order chi connectivity index (χ0) is 9.02. The molecule has 0 aliphatic rings. The molecule has 0 aliphatic carbocycles. The van der Waals surface area contributed by atoms with Gasteiger partial charge in [-0.25, -0.2) is 0 Å². The molecule has 2 N–H and O–H groups in total. The third-order valence-electron chi connectivity index (χ3n) is 1.72. The van der Waals surface area contributed by atoms with E-state index in [-0.39, 0.29) is 17.9 Å². The summed E-state index contributed by atoms with van der Waals surface area (Å²) >= 11 is 0. The minimum atomic E-state index is -0.303. The molecule has 0 saturated heterocycles. The molecular weight excluding hydrogens is 140 g/mol. The van der Waals surface area contributed by atoms with Crippen LogP contribution in [0.5, 0.6) is 0 Å². The van der Waals surface area contributed by atoms with E-state index in [2.05, 4.69) is 6.58 Å². The minimum absolute atomic E-state index is 0.0995. The van der Waals surface area contributed by atoms with Crippen molar-refractivity contribution in [3.63, 3.8) is 0 Å². The zero-order valence-electron chi connectivity index (χ0n) is 7.37. The number of rotatable bonds is 4. The molecule has 64 valence electrons. The van der Waals surface area contributed by atoms with E-state index in [1.165, 1.54) is 0 Å². The molecule has 0 spiro atoms. The Morgan fingerprint density at radius 3 is 2.18 bits per heavy atom. The Bertz CT molecular complexity index is 154. The standard InChI is InChI=1S/C8H16N2O/c1-5-6(2)7(8(9)11)10(3)4/h5-7H,1H2,2-4H3,(H2,9,11). The van der Waals surface area contributed by atoms with Crippen LogP contribution in [0.15, 0.2) is 12.7 Å². The molecule has 11 heavy (non-hydrogen) atoms. The van der Waals surface area contributed by atoms with E-state index in [1.807, 2.05) is 21.0 Å². The molecule has 2 atom stereocenters. The maximum Gasteiger partial charge on any atom is 0.235 e. The van der Waals surface area contributed by atoms with Gasteiger partial charge in [-0.05, 0) is 20.0 Å². The lowest BCUT2D eigenvalue weighted by molar-refractivity contribution is -0.123. The molecular formula is C8H16N2O. The largest absolute Gasteiger partial charge is 0.368 e. The normalized spacial score (nSPS) is 16.0. The van der Waals surface area contributed by atoms with Crippen LogP contribution in [0, 0.1) is 5.92 Å². The summed E-state index contributed by atoms with van der Waals surface area (Å²) in [4.78, 5) is 12.7. The van der Waals surface area contributed by atoms with E-state index >= 15 is 0 Å². The highest BCUT2D eigenvalue weighted by Crippen LogP contribution is 2.08. The van der Waals surface area contributed by atoms with Gasteiger partial charge in [0.1, 0.15) is 0 Å². The molecule has 0 bridgehead atoms. The second-order valence-electron chi connectivity index (χ2n) is 2.91. The second-order valence-corrected chi connectivity index (χ2v) is 2.91. The summed E-state index contributed by atoms with van der Waals surface area (Å²) < 4.78 is 0. The third kappa shape index (κ3) is 2.72. The minimum Gasteiger partial charge on any atom is -0.368 e. The molecule has 2 unspecified atom stereocenters. The lowest BCUT2D eigenvalue weighted by Crippen LogP contribution is -2.44. The van der Waals surface area contributed by atoms with Crippen LogP contribution in [0.3, 0.4) is 0 Å². The van der Waals surface area contributed by atoms with Crippen molar-refractivity contribution in [2.75, 3.05) is 14.1 Å². The summed E-state index contributed by atoms with van der Waals surface area (Å²) in [6, 6.07) is -0.243. The first-order valence-corrected chi connectivity index (χ1v) is 3.59. The van der Waals surface area contributed by atoms with Gasteiger partial charge in [0.05, 0.1) is 6.04 Å². The van der Waals surface area contributed by atoms with Crippen LogP contribution < -0.4 is 5.73 Å². The predicted octanol–water partition coefficient (Wildman–Crippen LogP) is 0.224. The van der Waals surface area contributed by atoms with E-state index in [9.17, 15) is 4.79 Å². The summed E-state index contributed by atoms with van der Waals surface area (Å²) in [6.07, 6.45) is 1.73. The van der Waals surface area contributed by atoms with Gasteiger partial charge in [0.25, 0.3) is 0 Å². The molecule has 0 aromatic carbocycles. The summed E-state index contributed by atoms with van der Waals surface area (Å²) in [7, 11) is 3.66. The molecule has 3 nitrogen and oxygen atoms in total. The highest BCUT2D eigenvalue weighted by molar-refractivity contribution is 5.80. The van der Waals surface area contributed by atoms with Crippen molar-refractivity contribution in [2.45, 2.75) is 13.0 Å². The van der Waals surface area contributed by atoms with Crippen molar-refractivity contribution in [2.24, 2.45) is 11.7 Å². The molecule has 0 rings (SSSR count). The Kier molecular flexibility index (Phi) is 3.82. The van der Waals surface area contributed by atoms with Crippen molar-refractivity contribution in [1.29, 1.82) is 0 Å². The Morgan fingerprint density at radius 1 is 1.64 bits per heavy atom. The first-order valence-electron chi connectivity index (χ1n) is 3.59. The Labute approximate surface area is 67.9 Å². The van der Waals surface area contributed by atoms with Crippen LogP contribution in [0.2, 0.25) is 0 Å². The fourth-order valence-electron chi connectivity index (χ4n) is 1.11. The molecule has 0 aromatic rings. The van der Waals surface area contributed by atoms with Crippen LogP contribution in [-0.2, 0) is 4.79 Å². The van der Waals surface area contributed by atoms with Gasteiger partial charge in [-0.3, -0.25) is 9.69 Å². The second kappa shape index (κ2) is 4.13. The number of carbonyl (C=O) groups excluding carboxylic acids is 1. The quantitative estimate of drug-likeness (QED) is 0.592. The van der Waals surface area contributed by atoms with E-state index in [0.29, 0.717) is 0 Å². The molecule has 0 radical (unpaired) electrons. The maximum absolute atomic E-state index is 10.9. The number of nitrogens with two attached hydrogens (primary N) is 1. The third-order valence-corrected chi connectivity index (χ3v) is 1.72. The van der Waals surface area contributed by atoms with Crippen molar-refractivity contribution in [3.8, 4) is 0 Å². The highest BCUT2D eigenvalue weighted by atomic mass is 16.1. The van der Waals surface area contributed by atoms with Crippen LogP contribution in [0.1, 0.15) is 6.92 Å². The summed E-state index contributed by atoms with van der Waals surface area (Å²) in [6.45, 7) is 5.53. The smallest absolute Gasteiger partial charge is 0.235 e. The lowest BCUT2D eigenvalue weighted by atomic mass is 10.0. The van der Waals surface area contributed by atoms with Crippen molar-refractivity contribution in [3.05, 3.63) is 12.7 Å². The summed E-state index contributed by atoms with van der Waals surface area (Å²) in [5, 5.41) is 0. The van der Waals surface area contributed by atoms with Crippen LogP contribution in [0.4, 0.5) is 0 Å². The molecule has 0 fully saturated rings. The SMILES string of the molecule is C=CC(C)C(C(N)=O)N(C)C. The Hall–Kier alpha value is -0.830. The van der Waals surface area contributed by atoms with Gasteiger partial charge in [-0.2, -0.15) is 0 Å². The summed E-state index contributed by atoms with van der Waals surface area (Å²) in [5.41, 5.74) is 5.19. The molecule has 0 saturated carbocycles. The summed E-state index contributed by atoms with van der Waals surface area (Å²) in [5.74, 6) is -0.204. The van der Waals surface area contributed by atoms with Gasteiger partial charge >= 0.3 is 0 Å². The number of primary amides is 1. The van der Waals surface area contributed by atoms with Gasteiger partial charge in [0.15, 0.2) is 0 Å². The number of hydrogen-bond acceptors (Lipinski definition) is 2. The lowest BCUT2D eigenvalue weighted by Gasteiger charge is -2.24. The van der Waals surface area contributed by atoms with Gasteiger partial charge in [-0.15, -0.1) is 6.58 Å². The number of nitrogens with zero attached hydrogens (tertiary/aromatic N) is 1. The number of amides is 1. The average Bonchev–Trinajstić information content (AvgIpc) is 1.85. The van der Waals surface area contributed by atoms with Gasteiger partial charge in [-0.1, -0.05) is 13.0 Å². The van der Waals surface area contributed by atoms with E-state index in [1.54, 1.807) is 11.0 Å². The Balaban J connectivity index is 4.33. The van der Waals surface area contributed by atoms with E-state index in [0.717, 1.165) is 0 Å². The molecule has 3 heteroatoms. The number of hydrogen-bond donors (Lipinski definition) is 1. The van der Waals surface area contributed by atoms with Gasteiger partial charge < -0.3 is 5.73 Å². The van der Waals surface area contributed by atoms with E-state index in [4.69, 9.17) is 5.73 Å². The van der Waals surface area contributed by atoms with Crippen molar-refractivity contribution < 1.29 is 4.79 Å². The number of likely N-dealkylation sites (N-methyl/N-ethyl adjacent to an activating group) is 1. The fraction of sp³-hybridized carbons (Fsp3) is 0.625. The number of carbonyl (C=O) groups is 1. The molecule has 0 aliphatic heterocycles. The average molecular weight is 156 g/mol. The molecule has 0 aromatic heterocycles. The van der Waals surface area contributed by atoms with Crippen molar-refractivity contribution in [1.82, 2.24) is 4.90 Å². The zero-order valence-corrected chi connectivity index (χ0v) is 7.37. The maximum atomic E-state index is 10.9. The fourth-order valence-corrected chi connectivity index (χ4v) is 1.11. The first kappa shape index (κ1) is 10.2. The van der Waals surface area contributed by atoms with Crippen molar-refractivity contribution >= 4 is 5.91 Å². The first-order chi connectivity index (χ1) is 5.00. The van der Waals surface area contributed by atoms with Crippen LogP contribution in [-0.4, -0.2) is 30.9 Å². The van der Waals surface area contributed by atoms with Gasteiger partial charge in [0, 0.05) is 0 Å².